The van der Waals surface area contributed by atoms with Crippen molar-refractivity contribution in [3.05, 3.63) is 98.5 Å². The zero-order chi connectivity index (χ0) is 19.9. The highest BCUT2D eigenvalue weighted by molar-refractivity contribution is 6.35. The Kier molecular flexibility index (Phi) is 6.93. The van der Waals surface area contributed by atoms with Gasteiger partial charge in [-0.05, 0) is 36.4 Å². The van der Waals surface area contributed by atoms with Crippen molar-refractivity contribution in [1.29, 1.82) is 0 Å². The van der Waals surface area contributed by atoms with E-state index in [0.29, 0.717) is 31.9 Å². The molecule has 0 radical (unpaired) electrons. The van der Waals surface area contributed by atoms with Crippen molar-refractivity contribution in [3.8, 4) is 5.75 Å². The maximum Gasteiger partial charge on any atom is 0.272 e. The molecule has 0 spiro atoms. The molecular weight excluding hydrogens is 419 g/mol. The SMILES string of the molecule is O=C(N/N=C\c1ccccc1OCc1ccc(Cl)cc1Cl)c1ccccc1Cl. The van der Waals surface area contributed by atoms with Crippen LogP contribution in [0.4, 0.5) is 0 Å². The van der Waals surface area contributed by atoms with Crippen molar-refractivity contribution in [2.45, 2.75) is 6.61 Å². The van der Waals surface area contributed by atoms with Crippen LogP contribution in [0.5, 0.6) is 5.75 Å². The fourth-order valence-corrected chi connectivity index (χ4v) is 3.06. The molecule has 28 heavy (non-hydrogen) atoms. The third-order valence-corrected chi connectivity index (χ3v) is 4.72. The average Bonchev–Trinajstić information content (AvgIpc) is 2.68. The van der Waals surface area contributed by atoms with Crippen LogP contribution in [0.15, 0.2) is 71.8 Å². The van der Waals surface area contributed by atoms with Gasteiger partial charge in [0.1, 0.15) is 12.4 Å². The number of rotatable bonds is 6. The van der Waals surface area contributed by atoms with Crippen LogP contribution >= 0.6 is 34.8 Å². The summed E-state index contributed by atoms with van der Waals surface area (Å²) in [5.41, 5.74) is 4.32. The van der Waals surface area contributed by atoms with Crippen molar-refractivity contribution in [3.63, 3.8) is 0 Å². The second-order valence-electron chi connectivity index (χ2n) is 5.74. The third-order valence-electron chi connectivity index (χ3n) is 3.81. The fraction of sp³-hybridized carbons (Fsp3) is 0.0476. The molecule has 0 atom stereocenters. The Morgan fingerprint density at radius 1 is 0.964 bits per heavy atom. The average molecular weight is 434 g/mol. The van der Waals surface area contributed by atoms with E-state index in [4.69, 9.17) is 39.5 Å². The van der Waals surface area contributed by atoms with Crippen molar-refractivity contribution in [2.75, 3.05) is 0 Å². The van der Waals surface area contributed by atoms with Crippen LogP contribution in [0, 0.1) is 0 Å². The number of carbonyl (C=O) groups excluding carboxylic acids is 1. The lowest BCUT2D eigenvalue weighted by Crippen LogP contribution is -2.18. The second-order valence-corrected chi connectivity index (χ2v) is 6.99. The summed E-state index contributed by atoms with van der Waals surface area (Å²) in [5, 5.41) is 5.46. The van der Waals surface area contributed by atoms with Gasteiger partial charge in [-0.3, -0.25) is 4.79 Å². The van der Waals surface area contributed by atoms with Gasteiger partial charge in [0, 0.05) is 21.2 Å². The molecule has 0 aromatic heterocycles. The van der Waals surface area contributed by atoms with Gasteiger partial charge < -0.3 is 4.74 Å². The predicted molar refractivity (Wildman–Crippen MR) is 114 cm³/mol. The molecular formula is C21H15Cl3N2O2. The number of carbonyl (C=O) groups is 1. The van der Waals surface area contributed by atoms with Gasteiger partial charge in [-0.2, -0.15) is 5.10 Å². The highest BCUT2D eigenvalue weighted by atomic mass is 35.5. The van der Waals surface area contributed by atoms with Crippen molar-refractivity contribution in [2.24, 2.45) is 5.10 Å². The van der Waals surface area contributed by atoms with E-state index in [1.165, 1.54) is 6.21 Å². The van der Waals surface area contributed by atoms with Crippen molar-refractivity contribution >= 4 is 46.9 Å². The molecule has 0 fully saturated rings. The summed E-state index contributed by atoms with van der Waals surface area (Å²) in [7, 11) is 0. The molecule has 0 aliphatic carbocycles. The van der Waals surface area contributed by atoms with Gasteiger partial charge >= 0.3 is 0 Å². The Labute approximate surface area is 177 Å². The van der Waals surface area contributed by atoms with E-state index in [9.17, 15) is 4.79 Å². The summed E-state index contributed by atoms with van der Waals surface area (Å²) in [6.45, 7) is 0.271. The number of ether oxygens (including phenoxy) is 1. The smallest absolute Gasteiger partial charge is 0.272 e. The topological polar surface area (TPSA) is 50.7 Å². The number of hydrogen-bond donors (Lipinski definition) is 1. The maximum atomic E-state index is 12.2. The molecule has 142 valence electrons. The van der Waals surface area contributed by atoms with Gasteiger partial charge in [-0.25, -0.2) is 5.43 Å². The zero-order valence-electron chi connectivity index (χ0n) is 14.5. The first-order valence-corrected chi connectivity index (χ1v) is 9.41. The van der Waals surface area contributed by atoms with E-state index in [2.05, 4.69) is 10.5 Å². The zero-order valence-corrected chi connectivity index (χ0v) is 16.8. The normalized spacial score (nSPS) is 10.8. The second kappa shape index (κ2) is 9.60. The third kappa shape index (κ3) is 5.26. The Balaban J connectivity index is 1.67. The number of hydrogen-bond acceptors (Lipinski definition) is 3. The van der Waals surface area contributed by atoms with E-state index in [0.717, 1.165) is 5.56 Å². The van der Waals surface area contributed by atoms with Crippen molar-refractivity contribution in [1.82, 2.24) is 5.43 Å². The van der Waals surface area contributed by atoms with Gasteiger partial charge in [-0.15, -0.1) is 0 Å². The number of para-hydroxylation sites is 1. The number of nitrogens with one attached hydrogen (secondary N) is 1. The van der Waals surface area contributed by atoms with Crippen LogP contribution in [0.1, 0.15) is 21.5 Å². The lowest BCUT2D eigenvalue weighted by molar-refractivity contribution is 0.0955. The van der Waals surface area contributed by atoms with Crippen molar-refractivity contribution < 1.29 is 9.53 Å². The number of benzene rings is 3. The summed E-state index contributed by atoms with van der Waals surface area (Å²) in [6, 6.07) is 19.3. The first-order chi connectivity index (χ1) is 13.5. The van der Waals surface area contributed by atoms with Gasteiger partial charge in [0.2, 0.25) is 0 Å². The minimum atomic E-state index is -0.395. The maximum absolute atomic E-state index is 12.2. The minimum Gasteiger partial charge on any atom is -0.488 e. The first-order valence-electron chi connectivity index (χ1n) is 8.28. The van der Waals surface area contributed by atoms with E-state index < -0.39 is 5.91 Å². The quantitative estimate of drug-likeness (QED) is 0.383. The minimum absolute atomic E-state index is 0.271. The molecule has 3 aromatic rings. The van der Waals surface area contributed by atoms with Crippen LogP contribution in [0.2, 0.25) is 15.1 Å². The summed E-state index contributed by atoms with van der Waals surface area (Å²) < 4.78 is 5.85. The number of hydrazone groups is 1. The van der Waals surface area contributed by atoms with E-state index in [1.54, 1.807) is 42.5 Å². The van der Waals surface area contributed by atoms with E-state index in [-0.39, 0.29) is 6.61 Å². The Morgan fingerprint density at radius 2 is 1.71 bits per heavy atom. The van der Waals surface area contributed by atoms with Crippen LogP contribution < -0.4 is 10.2 Å². The molecule has 0 aliphatic rings. The van der Waals surface area contributed by atoms with Crippen LogP contribution in [-0.2, 0) is 6.61 Å². The number of halogens is 3. The lowest BCUT2D eigenvalue weighted by atomic mass is 10.2. The predicted octanol–water partition coefficient (Wildman–Crippen LogP) is 5.99. The molecule has 3 rings (SSSR count). The Morgan fingerprint density at radius 3 is 2.50 bits per heavy atom. The fourth-order valence-electron chi connectivity index (χ4n) is 2.38. The lowest BCUT2D eigenvalue weighted by Gasteiger charge is -2.10. The number of nitrogens with zero attached hydrogens (tertiary/aromatic N) is 1. The molecule has 7 heteroatoms. The molecule has 0 saturated carbocycles. The van der Waals surface area contributed by atoms with Gasteiger partial charge in [0.25, 0.3) is 5.91 Å². The first kappa shape index (κ1) is 20.2. The van der Waals surface area contributed by atoms with Crippen LogP contribution in [-0.4, -0.2) is 12.1 Å². The largest absolute Gasteiger partial charge is 0.488 e. The highest BCUT2D eigenvalue weighted by Gasteiger charge is 2.08. The van der Waals surface area contributed by atoms with E-state index >= 15 is 0 Å². The summed E-state index contributed by atoms with van der Waals surface area (Å²) in [5.74, 6) is 0.206. The van der Waals surface area contributed by atoms with Gasteiger partial charge in [-0.1, -0.05) is 65.1 Å². The standard InChI is InChI=1S/C21H15Cl3N2O2/c22-16-10-9-15(19(24)11-16)13-28-20-8-4-1-5-14(20)12-25-26-21(27)17-6-2-3-7-18(17)23/h1-12H,13H2,(H,26,27)/b25-12-. The van der Waals surface area contributed by atoms with Gasteiger partial charge in [0.15, 0.2) is 0 Å². The van der Waals surface area contributed by atoms with Gasteiger partial charge in [0.05, 0.1) is 16.8 Å². The monoisotopic (exact) mass is 432 g/mol. The summed E-state index contributed by atoms with van der Waals surface area (Å²) >= 11 is 18.1. The molecule has 3 aromatic carbocycles. The summed E-state index contributed by atoms with van der Waals surface area (Å²) in [6.07, 6.45) is 1.51. The Bertz CT molecular complexity index is 1020. The molecule has 0 aliphatic heterocycles. The Hall–Kier alpha value is -2.53. The van der Waals surface area contributed by atoms with Crippen LogP contribution in [0.3, 0.4) is 0 Å². The van der Waals surface area contributed by atoms with E-state index in [1.807, 2.05) is 24.3 Å². The summed E-state index contributed by atoms with van der Waals surface area (Å²) in [4.78, 5) is 12.2. The molecule has 1 amide bonds. The molecule has 0 unspecified atom stereocenters. The molecule has 4 nitrogen and oxygen atoms in total. The molecule has 0 heterocycles. The highest BCUT2D eigenvalue weighted by Crippen LogP contribution is 2.24. The molecule has 0 saturated heterocycles. The van der Waals surface area contributed by atoms with Crippen LogP contribution in [0.25, 0.3) is 0 Å². The number of amides is 1. The molecule has 0 bridgehead atoms. The molecule has 1 N–H and O–H groups in total.